The van der Waals surface area contributed by atoms with Crippen molar-refractivity contribution in [3.05, 3.63) is 35.5 Å². The molecule has 9 nitrogen and oxygen atoms in total. The smallest absolute Gasteiger partial charge is 0.303 e. The van der Waals surface area contributed by atoms with E-state index in [1.165, 1.54) is 6.92 Å². The Hall–Kier alpha value is -2.81. The fourth-order valence-corrected chi connectivity index (χ4v) is 3.15. The van der Waals surface area contributed by atoms with Crippen LogP contribution in [0.2, 0.25) is 0 Å². The number of hydrogen-bond donors (Lipinski definition) is 0. The third-order valence-electron chi connectivity index (χ3n) is 4.44. The summed E-state index contributed by atoms with van der Waals surface area (Å²) >= 11 is 0. The van der Waals surface area contributed by atoms with Crippen LogP contribution in [0.3, 0.4) is 0 Å². The summed E-state index contributed by atoms with van der Waals surface area (Å²) < 4.78 is 10.4. The largest absolute Gasteiger partial charge is 0.455 e. The molecule has 3 rings (SSSR count). The van der Waals surface area contributed by atoms with Gasteiger partial charge in [-0.25, -0.2) is 19.9 Å². The molecule has 28 heavy (non-hydrogen) atoms. The first-order valence-corrected chi connectivity index (χ1v) is 9.30. The summed E-state index contributed by atoms with van der Waals surface area (Å²) in [6, 6.07) is 3.81. The molecular weight excluding hydrogens is 360 g/mol. The number of ether oxygens (including phenoxy) is 2. The van der Waals surface area contributed by atoms with Gasteiger partial charge >= 0.3 is 5.97 Å². The molecule has 0 saturated carbocycles. The molecule has 0 amide bonds. The summed E-state index contributed by atoms with van der Waals surface area (Å²) in [6.07, 6.45) is 1.23. The maximum atomic E-state index is 11.2. The van der Waals surface area contributed by atoms with Crippen molar-refractivity contribution < 1.29 is 14.3 Å². The summed E-state index contributed by atoms with van der Waals surface area (Å²) in [4.78, 5) is 33.5. The fourth-order valence-electron chi connectivity index (χ4n) is 3.15. The van der Waals surface area contributed by atoms with E-state index in [0.717, 1.165) is 49.3 Å². The Morgan fingerprint density at radius 3 is 2.57 bits per heavy atom. The van der Waals surface area contributed by atoms with Crippen molar-refractivity contribution in [3.63, 3.8) is 0 Å². The highest BCUT2D eigenvalue weighted by atomic mass is 16.5. The molecule has 150 valence electrons. The molecule has 1 atom stereocenters. The molecular formula is C19H26N6O3. The average molecular weight is 386 g/mol. The third-order valence-corrected chi connectivity index (χ3v) is 4.44. The SMILES string of the molecule is COCc1cc(C)nc(N2CCN(c3ccnc([C@@H](C)OC(C)=O)n3)CC2)n1. The topological polar surface area (TPSA) is 93.6 Å². The Morgan fingerprint density at radius 1 is 1.18 bits per heavy atom. The van der Waals surface area contributed by atoms with Crippen molar-refractivity contribution in [2.75, 3.05) is 43.1 Å². The first kappa shape index (κ1) is 19.9. The van der Waals surface area contributed by atoms with Gasteiger partial charge < -0.3 is 19.3 Å². The van der Waals surface area contributed by atoms with E-state index >= 15 is 0 Å². The van der Waals surface area contributed by atoms with Gasteiger partial charge in [-0.1, -0.05) is 0 Å². The summed E-state index contributed by atoms with van der Waals surface area (Å²) in [6.45, 7) is 8.73. The molecule has 1 aliphatic rings. The van der Waals surface area contributed by atoms with Gasteiger partial charge in [0.1, 0.15) is 5.82 Å². The highest BCUT2D eigenvalue weighted by molar-refractivity contribution is 5.66. The minimum atomic E-state index is -0.473. The second-order valence-electron chi connectivity index (χ2n) is 6.73. The molecule has 0 bridgehead atoms. The lowest BCUT2D eigenvalue weighted by Crippen LogP contribution is -2.47. The molecule has 2 aromatic rings. The molecule has 0 unspecified atom stereocenters. The summed E-state index contributed by atoms with van der Waals surface area (Å²) in [5.74, 6) is 1.72. The van der Waals surface area contributed by atoms with E-state index < -0.39 is 6.10 Å². The fraction of sp³-hybridized carbons (Fsp3) is 0.526. The Balaban J connectivity index is 1.66. The van der Waals surface area contributed by atoms with Crippen LogP contribution in [0.1, 0.15) is 37.2 Å². The van der Waals surface area contributed by atoms with Gasteiger partial charge in [0.05, 0.1) is 12.3 Å². The van der Waals surface area contributed by atoms with Gasteiger partial charge in [-0.05, 0) is 26.0 Å². The average Bonchev–Trinajstić information content (AvgIpc) is 2.67. The number of carbonyl (C=O) groups excluding carboxylic acids is 1. The van der Waals surface area contributed by atoms with Gasteiger partial charge in [-0.15, -0.1) is 0 Å². The molecule has 0 aromatic carbocycles. The Morgan fingerprint density at radius 2 is 1.89 bits per heavy atom. The normalized spacial score (nSPS) is 15.4. The molecule has 0 radical (unpaired) electrons. The second kappa shape index (κ2) is 8.92. The van der Waals surface area contributed by atoms with E-state index in [4.69, 9.17) is 9.47 Å². The van der Waals surface area contributed by atoms with E-state index in [0.29, 0.717) is 12.4 Å². The van der Waals surface area contributed by atoms with E-state index in [9.17, 15) is 4.79 Å². The zero-order chi connectivity index (χ0) is 20.1. The van der Waals surface area contributed by atoms with E-state index in [1.54, 1.807) is 20.2 Å². The number of rotatable bonds is 6. The molecule has 1 saturated heterocycles. The first-order chi connectivity index (χ1) is 13.5. The van der Waals surface area contributed by atoms with E-state index in [2.05, 4.69) is 29.7 Å². The number of hydrogen-bond acceptors (Lipinski definition) is 9. The molecule has 1 aliphatic heterocycles. The Kier molecular flexibility index (Phi) is 6.35. The van der Waals surface area contributed by atoms with Crippen molar-refractivity contribution in [1.82, 2.24) is 19.9 Å². The minimum absolute atomic E-state index is 0.346. The van der Waals surface area contributed by atoms with Crippen molar-refractivity contribution in [2.24, 2.45) is 0 Å². The molecule has 2 aromatic heterocycles. The first-order valence-electron chi connectivity index (χ1n) is 9.30. The van der Waals surface area contributed by atoms with Crippen LogP contribution < -0.4 is 9.80 Å². The number of aromatic nitrogens is 4. The number of aryl methyl sites for hydroxylation is 1. The van der Waals surface area contributed by atoms with E-state index in [-0.39, 0.29) is 5.97 Å². The van der Waals surface area contributed by atoms with Gasteiger partial charge in [0.15, 0.2) is 11.9 Å². The maximum absolute atomic E-state index is 11.2. The molecule has 1 fully saturated rings. The lowest BCUT2D eigenvalue weighted by molar-refractivity contribution is -0.146. The molecule has 9 heteroatoms. The number of piperazine rings is 1. The van der Waals surface area contributed by atoms with Crippen LogP contribution in [0.25, 0.3) is 0 Å². The van der Waals surface area contributed by atoms with Crippen molar-refractivity contribution >= 4 is 17.7 Å². The van der Waals surface area contributed by atoms with Crippen molar-refractivity contribution in [2.45, 2.75) is 33.5 Å². The zero-order valence-corrected chi connectivity index (χ0v) is 16.8. The molecule has 0 N–H and O–H groups in total. The molecule has 3 heterocycles. The van der Waals surface area contributed by atoms with Crippen LogP contribution >= 0.6 is 0 Å². The van der Waals surface area contributed by atoms with Crippen LogP contribution in [0, 0.1) is 6.92 Å². The van der Waals surface area contributed by atoms with E-state index in [1.807, 2.05) is 19.1 Å². The van der Waals surface area contributed by atoms with Crippen LogP contribution in [-0.2, 0) is 20.9 Å². The second-order valence-corrected chi connectivity index (χ2v) is 6.73. The number of nitrogens with zero attached hydrogens (tertiary/aromatic N) is 6. The summed E-state index contributed by atoms with van der Waals surface area (Å²) in [5.41, 5.74) is 1.81. The highest BCUT2D eigenvalue weighted by Crippen LogP contribution is 2.20. The summed E-state index contributed by atoms with van der Waals surface area (Å²) in [5, 5.41) is 0. The van der Waals surface area contributed by atoms with Crippen LogP contribution in [0.5, 0.6) is 0 Å². The summed E-state index contributed by atoms with van der Waals surface area (Å²) in [7, 11) is 1.66. The lowest BCUT2D eigenvalue weighted by Gasteiger charge is -2.35. The molecule has 0 aliphatic carbocycles. The number of methoxy groups -OCH3 is 1. The highest BCUT2D eigenvalue weighted by Gasteiger charge is 2.22. The number of carbonyl (C=O) groups is 1. The van der Waals surface area contributed by atoms with Crippen LogP contribution in [0.4, 0.5) is 11.8 Å². The van der Waals surface area contributed by atoms with Crippen molar-refractivity contribution in [3.8, 4) is 0 Å². The van der Waals surface area contributed by atoms with Crippen LogP contribution in [-0.4, -0.2) is 59.2 Å². The van der Waals surface area contributed by atoms with Gasteiger partial charge in [0.2, 0.25) is 5.95 Å². The van der Waals surface area contributed by atoms with Gasteiger partial charge in [-0.2, -0.15) is 0 Å². The minimum Gasteiger partial charge on any atom is -0.455 e. The quantitative estimate of drug-likeness (QED) is 0.687. The predicted octanol–water partition coefficient (Wildman–Crippen LogP) is 1.67. The third kappa shape index (κ3) is 4.92. The van der Waals surface area contributed by atoms with Gasteiger partial charge in [-0.3, -0.25) is 4.79 Å². The van der Waals surface area contributed by atoms with Crippen molar-refractivity contribution in [1.29, 1.82) is 0 Å². The Labute approximate surface area is 164 Å². The predicted molar refractivity (Wildman–Crippen MR) is 104 cm³/mol. The van der Waals surface area contributed by atoms with Gasteiger partial charge in [0.25, 0.3) is 0 Å². The maximum Gasteiger partial charge on any atom is 0.303 e. The molecule has 0 spiro atoms. The van der Waals surface area contributed by atoms with Crippen LogP contribution in [0.15, 0.2) is 18.3 Å². The standard InChI is InChI=1S/C19H26N6O3/c1-13-11-16(12-27-4)22-19(21-13)25-9-7-24(8-10-25)17-5-6-20-18(23-17)14(2)28-15(3)26/h5-6,11,14H,7-10,12H2,1-4H3/t14-/m1/s1. The Bertz CT molecular complexity index is 823. The van der Waals surface area contributed by atoms with Gasteiger partial charge in [0, 0.05) is 52.1 Å². The lowest BCUT2D eigenvalue weighted by atomic mass is 10.3. The number of esters is 1. The zero-order valence-electron chi connectivity index (χ0n) is 16.8. The number of anilines is 2. The monoisotopic (exact) mass is 386 g/mol.